The second-order valence-corrected chi connectivity index (χ2v) is 7.24. The van der Waals surface area contributed by atoms with Crippen LogP contribution in [-0.4, -0.2) is 106 Å². The average Bonchev–Trinajstić information content (AvgIpc) is 3.05. The first-order valence-electron chi connectivity index (χ1n) is 9.73. The van der Waals surface area contributed by atoms with Gasteiger partial charge >= 0.3 is 11.9 Å². The van der Waals surface area contributed by atoms with Crippen molar-refractivity contribution in [2.45, 2.75) is 31.3 Å². The SMILES string of the molecule is CN1CC(=O)NC1=N.C[C@H]1[C@H](c2ccccc2)OCCN1C.O=C(O)C(O)C(O)C(=O)O. The van der Waals surface area contributed by atoms with E-state index in [-0.39, 0.29) is 18.0 Å². The molecule has 12 nitrogen and oxygen atoms in total. The highest BCUT2D eigenvalue weighted by atomic mass is 16.5. The second-order valence-electron chi connectivity index (χ2n) is 7.24. The number of amides is 1. The summed E-state index contributed by atoms with van der Waals surface area (Å²) in [5.41, 5.74) is 1.28. The summed E-state index contributed by atoms with van der Waals surface area (Å²) in [6, 6.07) is 10.9. The summed E-state index contributed by atoms with van der Waals surface area (Å²) >= 11 is 0. The standard InChI is InChI=1S/C12H17NO.C4H7N3O.C4H6O6/c1-10-12(14-9-8-13(10)2)11-6-4-3-5-7-11;1-7-2-3(8)6-4(7)5;5-1(3(7)8)2(6)4(9)10/h3-7,10,12H,8-9H2,1-2H3;2H2,1H3,(H2,5,6,8);1-2,5-6H,(H,7,8)(H,9,10)/t10-,12+;;/m0../s1. The Kier molecular flexibility index (Phi) is 10.7. The zero-order chi connectivity index (χ0) is 24.4. The third-order valence-corrected chi connectivity index (χ3v) is 4.83. The molecule has 12 heteroatoms. The van der Waals surface area contributed by atoms with Crippen LogP contribution in [0, 0.1) is 5.41 Å². The lowest BCUT2D eigenvalue weighted by Gasteiger charge is -2.37. The quantitative estimate of drug-likeness (QED) is 0.328. The highest BCUT2D eigenvalue weighted by Crippen LogP contribution is 2.26. The summed E-state index contributed by atoms with van der Waals surface area (Å²) in [5.74, 6) is -3.45. The van der Waals surface area contributed by atoms with Crippen molar-refractivity contribution in [2.75, 3.05) is 33.8 Å². The Balaban J connectivity index is 0.000000252. The number of carbonyl (C=O) groups excluding carboxylic acids is 1. The van der Waals surface area contributed by atoms with Crippen LogP contribution in [0.15, 0.2) is 30.3 Å². The zero-order valence-corrected chi connectivity index (χ0v) is 18.1. The van der Waals surface area contributed by atoms with Gasteiger partial charge < -0.3 is 30.1 Å². The lowest BCUT2D eigenvalue weighted by molar-refractivity contribution is -0.165. The van der Waals surface area contributed by atoms with E-state index in [9.17, 15) is 14.4 Å². The number of aliphatic hydroxyl groups is 2. The number of rotatable bonds is 4. The van der Waals surface area contributed by atoms with Crippen molar-refractivity contribution < 1.29 is 39.5 Å². The van der Waals surface area contributed by atoms with Gasteiger partial charge in [0.1, 0.15) is 0 Å². The first kappa shape index (κ1) is 27.0. The van der Waals surface area contributed by atoms with Gasteiger partial charge in [0.25, 0.3) is 0 Å². The maximum atomic E-state index is 10.4. The lowest BCUT2D eigenvalue weighted by atomic mass is 10.0. The van der Waals surface area contributed by atoms with E-state index in [2.05, 4.69) is 48.5 Å². The smallest absolute Gasteiger partial charge is 0.335 e. The van der Waals surface area contributed by atoms with Crippen LogP contribution in [0.5, 0.6) is 0 Å². The van der Waals surface area contributed by atoms with E-state index >= 15 is 0 Å². The molecular weight excluding hydrogens is 424 g/mol. The van der Waals surface area contributed by atoms with E-state index in [4.69, 9.17) is 30.6 Å². The third-order valence-electron chi connectivity index (χ3n) is 4.83. The van der Waals surface area contributed by atoms with E-state index < -0.39 is 24.1 Å². The summed E-state index contributed by atoms with van der Waals surface area (Å²) in [6.07, 6.45) is -4.30. The first-order chi connectivity index (χ1) is 15.0. The molecule has 0 saturated carbocycles. The molecule has 2 fully saturated rings. The van der Waals surface area contributed by atoms with E-state index in [1.54, 1.807) is 11.9 Å². The van der Waals surface area contributed by atoms with Gasteiger partial charge in [-0.2, -0.15) is 0 Å². The van der Waals surface area contributed by atoms with Crippen LogP contribution in [0.3, 0.4) is 0 Å². The normalized spacial score (nSPS) is 22.5. The number of nitrogens with one attached hydrogen (secondary N) is 2. The van der Waals surface area contributed by atoms with Crippen molar-refractivity contribution in [3.63, 3.8) is 0 Å². The van der Waals surface area contributed by atoms with Crippen LogP contribution in [-0.2, 0) is 19.1 Å². The molecule has 2 heterocycles. The molecule has 0 aromatic heterocycles. The fourth-order valence-corrected chi connectivity index (χ4v) is 2.75. The molecule has 0 radical (unpaired) electrons. The Morgan fingerprint density at radius 1 is 1.12 bits per heavy atom. The number of aliphatic hydroxyl groups excluding tert-OH is 2. The number of benzene rings is 1. The van der Waals surface area contributed by atoms with Gasteiger partial charge in [-0.25, -0.2) is 9.59 Å². The molecule has 1 amide bonds. The van der Waals surface area contributed by atoms with E-state index in [0.717, 1.165) is 13.2 Å². The summed E-state index contributed by atoms with van der Waals surface area (Å²) in [4.78, 5) is 33.8. The minimum Gasteiger partial charge on any atom is -0.479 e. The molecule has 3 rings (SSSR count). The van der Waals surface area contributed by atoms with Crippen molar-refractivity contribution >= 4 is 23.8 Å². The van der Waals surface area contributed by atoms with Crippen LogP contribution >= 0.6 is 0 Å². The van der Waals surface area contributed by atoms with Crippen molar-refractivity contribution in [3.05, 3.63) is 35.9 Å². The fourth-order valence-electron chi connectivity index (χ4n) is 2.75. The van der Waals surface area contributed by atoms with Gasteiger partial charge in [-0.3, -0.25) is 20.4 Å². The van der Waals surface area contributed by atoms with Gasteiger partial charge in [-0.1, -0.05) is 30.3 Å². The Labute approximate surface area is 185 Å². The number of hydrogen-bond acceptors (Lipinski definition) is 8. The van der Waals surface area contributed by atoms with Gasteiger partial charge in [-0.15, -0.1) is 0 Å². The number of nitrogens with zero attached hydrogens (tertiary/aromatic N) is 2. The Bertz CT molecular complexity index is 773. The maximum absolute atomic E-state index is 10.4. The Hall–Kier alpha value is -3.06. The Morgan fingerprint density at radius 3 is 2.03 bits per heavy atom. The number of morpholine rings is 1. The van der Waals surface area contributed by atoms with Crippen molar-refractivity contribution in [1.82, 2.24) is 15.1 Å². The molecule has 6 N–H and O–H groups in total. The molecule has 0 aliphatic carbocycles. The number of carbonyl (C=O) groups is 3. The van der Waals surface area contributed by atoms with Crippen molar-refractivity contribution in [2.24, 2.45) is 0 Å². The number of guanidine groups is 1. The number of likely N-dealkylation sites (N-methyl/N-ethyl adjacent to an activating group) is 2. The molecule has 2 aliphatic rings. The average molecular weight is 454 g/mol. The monoisotopic (exact) mass is 454 g/mol. The molecule has 32 heavy (non-hydrogen) atoms. The minimum absolute atomic E-state index is 0.0995. The molecule has 2 saturated heterocycles. The largest absolute Gasteiger partial charge is 0.479 e. The number of hydrogen-bond donors (Lipinski definition) is 6. The molecule has 0 spiro atoms. The number of carboxylic acid groups (broad SMARTS) is 2. The van der Waals surface area contributed by atoms with Gasteiger partial charge in [0, 0.05) is 19.6 Å². The minimum atomic E-state index is -2.27. The number of aliphatic carboxylic acids is 2. The van der Waals surface area contributed by atoms with Gasteiger partial charge in [0.15, 0.2) is 18.2 Å². The first-order valence-corrected chi connectivity index (χ1v) is 9.73. The second kappa shape index (κ2) is 12.7. The van der Waals surface area contributed by atoms with Crippen molar-refractivity contribution in [3.8, 4) is 0 Å². The molecule has 2 aliphatic heterocycles. The molecule has 178 valence electrons. The molecular formula is C20H30N4O8. The van der Waals surface area contributed by atoms with E-state index in [0.29, 0.717) is 12.6 Å². The fraction of sp³-hybridized carbons (Fsp3) is 0.500. The van der Waals surface area contributed by atoms with Gasteiger partial charge in [-0.05, 0) is 19.5 Å². The highest BCUT2D eigenvalue weighted by Gasteiger charge is 2.29. The third kappa shape index (κ3) is 8.23. The van der Waals surface area contributed by atoms with Crippen LogP contribution < -0.4 is 5.32 Å². The lowest BCUT2D eigenvalue weighted by Crippen LogP contribution is -2.42. The summed E-state index contributed by atoms with van der Waals surface area (Å²) in [6.45, 7) is 4.40. The maximum Gasteiger partial charge on any atom is 0.335 e. The summed E-state index contributed by atoms with van der Waals surface area (Å²) in [5, 5.41) is 41.8. The van der Waals surface area contributed by atoms with E-state index in [1.165, 1.54) is 5.56 Å². The molecule has 4 atom stereocenters. The zero-order valence-electron chi connectivity index (χ0n) is 18.1. The van der Waals surface area contributed by atoms with E-state index in [1.807, 2.05) is 6.07 Å². The van der Waals surface area contributed by atoms with Gasteiger partial charge in [0.05, 0.1) is 19.3 Å². The molecule has 1 aromatic rings. The predicted molar refractivity (Wildman–Crippen MR) is 113 cm³/mol. The number of ether oxygens (including phenoxy) is 1. The molecule has 1 aromatic carbocycles. The van der Waals surface area contributed by atoms with Crippen molar-refractivity contribution in [1.29, 1.82) is 5.41 Å². The topological polar surface area (TPSA) is 184 Å². The van der Waals surface area contributed by atoms with Gasteiger partial charge in [0.2, 0.25) is 5.91 Å². The molecule has 2 unspecified atom stereocenters. The van der Waals surface area contributed by atoms with Crippen LogP contribution in [0.2, 0.25) is 0 Å². The van der Waals surface area contributed by atoms with Crippen LogP contribution in [0.25, 0.3) is 0 Å². The predicted octanol–water partition coefficient (Wildman–Crippen LogP) is -1.06. The summed E-state index contributed by atoms with van der Waals surface area (Å²) in [7, 11) is 3.85. The number of carboxylic acids is 2. The summed E-state index contributed by atoms with van der Waals surface area (Å²) < 4.78 is 5.80. The van der Waals surface area contributed by atoms with Crippen LogP contribution in [0.1, 0.15) is 18.6 Å². The highest BCUT2D eigenvalue weighted by molar-refractivity contribution is 6.02. The molecule has 0 bridgehead atoms. The van der Waals surface area contributed by atoms with Crippen LogP contribution in [0.4, 0.5) is 0 Å². The Morgan fingerprint density at radius 2 is 1.66 bits per heavy atom.